The van der Waals surface area contributed by atoms with E-state index in [9.17, 15) is 0 Å². The number of nitrogens with one attached hydrogen (secondary N) is 1. The average Bonchev–Trinajstić information content (AvgIpc) is 2.96. The summed E-state index contributed by atoms with van der Waals surface area (Å²) in [5.74, 6) is 0.731. The highest BCUT2D eigenvalue weighted by Gasteiger charge is 2.37. The van der Waals surface area contributed by atoms with E-state index in [2.05, 4.69) is 38.1 Å². The molecular formula is C12H12BrN3. The Kier molecular flexibility index (Phi) is 2.14. The molecule has 16 heavy (non-hydrogen) atoms. The molecule has 0 spiro atoms. The van der Waals surface area contributed by atoms with Gasteiger partial charge in [-0.25, -0.2) is 9.97 Å². The highest BCUT2D eigenvalue weighted by Crippen LogP contribution is 2.37. The monoisotopic (exact) mass is 277 g/mol. The first-order valence-corrected chi connectivity index (χ1v) is 6.14. The van der Waals surface area contributed by atoms with Crippen LogP contribution in [0.5, 0.6) is 0 Å². The predicted octanol–water partition coefficient (Wildman–Crippen LogP) is 3.36. The zero-order valence-electron chi connectivity index (χ0n) is 9.00. The molecule has 4 heteroatoms. The minimum Gasteiger partial charge on any atom is -0.349 e. The van der Waals surface area contributed by atoms with E-state index >= 15 is 0 Å². The Hall–Kier alpha value is -1.16. The van der Waals surface area contributed by atoms with Gasteiger partial charge in [-0.05, 0) is 38.0 Å². The summed E-state index contributed by atoms with van der Waals surface area (Å²) in [6, 6.07) is 6.03. The molecule has 0 atom stereocenters. The quantitative estimate of drug-likeness (QED) is 0.915. The van der Waals surface area contributed by atoms with Crippen LogP contribution in [-0.4, -0.2) is 15.5 Å². The molecule has 3 rings (SSSR count). The van der Waals surface area contributed by atoms with Crippen LogP contribution >= 0.6 is 15.9 Å². The molecule has 0 amide bonds. The van der Waals surface area contributed by atoms with Gasteiger partial charge >= 0.3 is 0 Å². The number of benzene rings is 1. The minimum atomic E-state index is 0.225. The standard InChI is InChI=1S/C12H12BrN3/c1-12(4-5-12)16-11-14-7-8-6-9(13)2-3-10(8)15-11/h2-3,6-7H,4-5H2,1H3,(H,14,15,16). The maximum atomic E-state index is 4.50. The molecule has 1 aliphatic carbocycles. The van der Waals surface area contributed by atoms with Crippen LogP contribution in [0.3, 0.4) is 0 Å². The van der Waals surface area contributed by atoms with Crippen LogP contribution in [0.1, 0.15) is 19.8 Å². The lowest BCUT2D eigenvalue weighted by atomic mass is 10.2. The van der Waals surface area contributed by atoms with Crippen LogP contribution in [0, 0.1) is 0 Å². The summed E-state index contributed by atoms with van der Waals surface area (Å²) in [4.78, 5) is 8.83. The third kappa shape index (κ3) is 1.89. The molecule has 1 N–H and O–H groups in total. The first kappa shape index (κ1) is 10.0. The SMILES string of the molecule is CC1(Nc2ncc3cc(Br)ccc3n2)CC1. The largest absolute Gasteiger partial charge is 0.349 e. The van der Waals surface area contributed by atoms with E-state index in [-0.39, 0.29) is 5.54 Å². The molecule has 1 fully saturated rings. The Morgan fingerprint density at radius 2 is 2.19 bits per heavy atom. The van der Waals surface area contributed by atoms with Crippen LogP contribution in [0.15, 0.2) is 28.9 Å². The van der Waals surface area contributed by atoms with Crippen LogP contribution in [0.2, 0.25) is 0 Å². The first-order chi connectivity index (χ1) is 7.65. The number of hydrogen-bond donors (Lipinski definition) is 1. The van der Waals surface area contributed by atoms with Crippen molar-refractivity contribution < 1.29 is 0 Å². The fourth-order valence-electron chi connectivity index (χ4n) is 1.65. The van der Waals surface area contributed by atoms with Gasteiger partial charge in [0.1, 0.15) is 0 Å². The fraction of sp³-hybridized carbons (Fsp3) is 0.333. The van der Waals surface area contributed by atoms with Gasteiger partial charge in [0.15, 0.2) is 0 Å². The molecule has 3 nitrogen and oxygen atoms in total. The lowest BCUT2D eigenvalue weighted by molar-refractivity contribution is 0.812. The van der Waals surface area contributed by atoms with Gasteiger partial charge in [0.2, 0.25) is 5.95 Å². The second-order valence-corrected chi connectivity index (χ2v) is 5.50. The van der Waals surface area contributed by atoms with Crippen LogP contribution < -0.4 is 5.32 Å². The number of rotatable bonds is 2. The van der Waals surface area contributed by atoms with Crippen molar-refractivity contribution in [1.29, 1.82) is 0 Å². The molecule has 0 radical (unpaired) electrons. The lowest BCUT2D eigenvalue weighted by Crippen LogP contribution is -2.17. The third-order valence-electron chi connectivity index (χ3n) is 2.96. The fourth-order valence-corrected chi connectivity index (χ4v) is 2.03. The summed E-state index contributed by atoms with van der Waals surface area (Å²) in [5.41, 5.74) is 1.20. The first-order valence-electron chi connectivity index (χ1n) is 5.35. The van der Waals surface area contributed by atoms with Gasteiger partial charge in [-0.2, -0.15) is 0 Å². The van der Waals surface area contributed by atoms with Gasteiger partial charge in [0.05, 0.1) is 5.52 Å². The van der Waals surface area contributed by atoms with Crippen molar-refractivity contribution in [2.45, 2.75) is 25.3 Å². The summed E-state index contributed by atoms with van der Waals surface area (Å²) >= 11 is 3.44. The number of anilines is 1. The van der Waals surface area contributed by atoms with Crippen molar-refractivity contribution in [2.75, 3.05) is 5.32 Å². The highest BCUT2D eigenvalue weighted by atomic mass is 79.9. The van der Waals surface area contributed by atoms with Crippen LogP contribution in [-0.2, 0) is 0 Å². The summed E-state index contributed by atoms with van der Waals surface area (Å²) in [7, 11) is 0. The molecule has 1 aromatic heterocycles. The number of nitrogens with zero attached hydrogens (tertiary/aromatic N) is 2. The van der Waals surface area contributed by atoms with Crippen molar-refractivity contribution >= 4 is 32.8 Å². The van der Waals surface area contributed by atoms with Crippen molar-refractivity contribution in [1.82, 2.24) is 9.97 Å². The Bertz CT molecular complexity index is 549. The Morgan fingerprint density at radius 3 is 2.94 bits per heavy atom. The second kappa shape index (κ2) is 3.42. The van der Waals surface area contributed by atoms with Gasteiger partial charge in [-0.1, -0.05) is 15.9 Å². The molecule has 1 aliphatic rings. The van der Waals surface area contributed by atoms with E-state index < -0.39 is 0 Å². The van der Waals surface area contributed by atoms with E-state index in [1.54, 1.807) is 0 Å². The van der Waals surface area contributed by atoms with E-state index in [4.69, 9.17) is 0 Å². The maximum absolute atomic E-state index is 4.50. The van der Waals surface area contributed by atoms with E-state index in [0.29, 0.717) is 0 Å². The summed E-state index contributed by atoms with van der Waals surface area (Å²) in [6.07, 6.45) is 4.27. The number of aromatic nitrogens is 2. The highest BCUT2D eigenvalue weighted by molar-refractivity contribution is 9.10. The summed E-state index contributed by atoms with van der Waals surface area (Å²) < 4.78 is 1.05. The molecule has 1 saturated carbocycles. The van der Waals surface area contributed by atoms with Gasteiger partial charge in [0.25, 0.3) is 0 Å². The van der Waals surface area contributed by atoms with Crippen LogP contribution in [0.25, 0.3) is 10.9 Å². The topological polar surface area (TPSA) is 37.8 Å². The Labute approximate surface area is 102 Å². The molecule has 0 saturated heterocycles. The van der Waals surface area contributed by atoms with Gasteiger partial charge in [-0.3, -0.25) is 0 Å². The zero-order chi connectivity index (χ0) is 11.2. The van der Waals surface area contributed by atoms with Crippen molar-refractivity contribution in [3.8, 4) is 0 Å². The zero-order valence-corrected chi connectivity index (χ0v) is 10.6. The van der Waals surface area contributed by atoms with Gasteiger partial charge < -0.3 is 5.32 Å². The molecular weight excluding hydrogens is 266 g/mol. The Balaban J connectivity index is 1.99. The molecule has 1 heterocycles. The maximum Gasteiger partial charge on any atom is 0.223 e. The minimum absolute atomic E-state index is 0.225. The van der Waals surface area contributed by atoms with E-state index in [1.165, 1.54) is 12.8 Å². The van der Waals surface area contributed by atoms with Crippen molar-refractivity contribution in [3.05, 3.63) is 28.9 Å². The number of halogens is 1. The summed E-state index contributed by atoms with van der Waals surface area (Å²) in [5, 5.41) is 4.42. The third-order valence-corrected chi connectivity index (χ3v) is 3.45. The van der Waals surface area contributed by atoms with Gasteiger partial charge in [0, 0.05) is 21.6 Å². The number of hydrogen-bond acceptors (Lipinski definition) is 3. The molecule has 0 bridgehead atoms. The normalized spacial score (nSPS) is 17.4. The Morgan fingerprint density at radius 1 is 1.38 bits per heavy atom. The van der Waals surface area contributed by atoms with E-state index in [0.717, 1.165) is 21.3 Å². The molecule has 82 valence electrons. The molecule has 1 aromatic carbocycles. The average molecular weight is 278 g/mol. The molecule has 0 unspecified atom stereocenters. The number of fused-ring (bicyclic) bond motifs is 1. The van der Waals surface area contributed by atoms with Gasteiger partial charge in [-0.15, -0.1) is 0 Å². The predicted molar refractivity (Wildman–Crippen MR) is 68.5 cm³/mol. The lowest BCUT2D eigenvalue weighted by Gasteiger charge is -2.11. The van der Waals surface area contributed by atoms with Crippen molar-refractivity contribution in [2.24, 2.45) is 0 Å². The van der Waals surface area contributed by atoms with Crippen molar-refractivity contribution in [3.63, 3.8) is 0 Å². The molecule has 0 aliphatic heterocycles. The van der Waals surface area contributed by atoms with Crippen LogP contribution in [0.4, 0.5) is 5.95 Å². The van der Waals surface area contributed by atoms with E-state index in [1.807, 2.05) is 24.4 Å². The second-order valence-electron chi connectivity index (χ2n) is 4.58. The molecule has 2 aromatic rings. The smallest absolute Gasteiger partial charge is 0.223 e. The summed E-state index contributed by atoms with van der Waals surface area (Å²) in [6.45, 7) is 2.20.